The van der Waals surface area contributed by atoms with Crippen LogP contribution in [0.15, 0.2) is 78.5 Å². The third-order valence-corrected chi connectivity index (χ3v) is 9.61. The molecule has 4 aliphatic carbocycles. The molecule has 1 aromatic heterocycles. The Labute approximate surface area is 203 Å². The summed E-state index contributed by atoms with van der Waals surface area (Å²) in [7, 11) is 0. The number of furan rings is 1. The Bertz CT molecular complexity index is 1110. The summed E-state index contributed by atoms with van der Waals surface area (Å²) in [5.74, 6) is 3.69. The van der Waals surface area contributed by atoms with E-state index in [4.69, 9.17) is 4.42 Å². The van der Waals surface area contributed by atoms with Crippen LogP contribution in [-0.4, -0.2) is 6.21 Å². The van der Waals surface area contributed by atoms with Gasteiger partial charge in [0.1, 0.15) is 5.76 Å². The number of benzene rings is 2. The summed E-state index contributed by atoms with van der Waals surface area (Å²) < 4.78 is 6.99. The van der Waals surface area contributed by atoms with E-state index < -0.39 is 0 Å². The topological polar surface area (TPSA) is 25.5 Å². The van der Waals surface area contributed by atoms with E-state index >= 15 is 0 Å². The molecule has 2 aromatic carbocycles. The van der Waals surface area contributed by atoms with Gasteiger partial charge >= 0.3 is 0 Å². The van der Waals surface area contributed by atoms with Gasteiger partial charge in [0.25, 0.3) is 0 Å². The largest absolute Gasteiger partial charge is 0.447 e. The highest BCUT2D eigenvalue weighted by Gasteiger charge is 2.51. The standard InChI is InChI=1S/C28H28BrNOS/c1-18-2-8-25(9-3-18)32-27-26(29)13-24(31-27)17-30-23-6-4-22(5-7-23)28-14-19-10-20(15-28)12-21(11-19)16-28/h2-9,13,17,19-21H,10-12,14-16H2,1H3. The van der Waals surface area contributed by atoms with E-state index in [0.29, 0.717) is 5.41 Å². The van der Waals surface area contributed by atoms with Crippen LogP contribution in [0.3, 0.4) is 0 Å². The van der Waals surface area contributed by atoms with Gasteiger partial charge in [-0.25, -0.2) is 0 Å². The highest BCUT2D eigenvalue weighted by molar-refractivity contribution is 9.10. The Morgan fingerprint density at radius 1 is 0.938 bits per heavy atom. The van der Waals surface area contributed by atoms with E-state index in [9.17, 15) is 0 Å². The van der Waals surface area contributed by atoms with Gasteiger partial charge in [-0.05, 0) is 114 Å². The predicted molar refractivity (Wildman–Crippen MR) is 135 cm³/mol. The zero-order chi connectivity index (χ0) is 21.7. The second-order valence-electron chi connectivity index (χ2n) is 10.2. The van der Waals surface area contributed by atoms with Gasteiger partial charge in [0.15, 0.2) is 5.09 Å². The molecule has 0 saturated heterocycles. The van der Waals surface area contributed by atoms with Crippen LogP contribution in [0.5, 0.6) is 0 Å². The van der Waals surface area contributed by atoms with E-state index in [-0.39, 0.29) is 0 Å². The molecule has 0 amide bonds. The molecule has 2 nitrogen and oxygen atoms in total. The number of hydrogen-bond acceptors (Lipinski definition) is 3. The van der Waals surface area contributed by atoms with E-state index in [0.717, 1.165) is 43.7 Å². The highest BCUT2D eigenvalue weighted by atomic mass is 79.9. The maximum absolute atomic E-state index is 6.03. The lowest BCUT2D eigenvalue weighted by molar-refractivity contribution is -0.00518. The molecule has 0 N–H and O–H groups in total. The summed E-state index contributed by atoms with van der Waals surface area (Å²) in [6, 6.07) is 19.5. The van der Waals surface area contributed by atoms with Crippen LogP contribution in [0, 0.1) is 24.7 Å². The van der Waals surface area contributed by atoms with Crippen molar-refractivity contribution in [3.05, 3.63) is 76.0 Å². The number of halogens is 1. The molecule has 0 unspecified atom stereocenters. The molecular weight excluding hydrogens is 478 g/mol. The van der Waals surface area contributed by atoms with Crippen molar-refractivity contribution in [3.8, 4) is 0 Å². The van der Waals surface area contributed by atoms with Gasteiger partial charge in [0.2, 0.25) is 0 Å². The summed E-state index contributed by atoms with van der Waals surface area (Å²) in [6.07, 6.45) is 10.5. The molecular formula is C28H28BrNOS. The maximum Gasteiger partial charge on any atom is 0.179 e. The minimum absolute atomic E-state index is 0.449. The summed E-state index contributed by atoms with van der Waals surface area (Å²) >= 11 is 5.24. The van der Waals surface area contributed by atoms with Crippen molar-refractivity contribution in [1.82, 2.24) is 0 Å². The predicted octanol–water partition coefficient (Wildman–Crippen LogP) is 8.72. The van der Waals surface area contributed by atoms with Gasteiger partial charge in [-0.3, -0.25) is 4.99 Å². The fourth-order valence-electron chi connectivity index (χ4n) is 6.72. The third kappa shape index (κ3) is 4.01. The number of nitrogens with zero attached hydrogens (tertiary/aromatic N) is 1. The van der Waals surface area contributed by atoms with Crippen molar-refractivity contribution in [1.29, 1.82) is 0 Å². The lowest BCUT2D eigenvalue weighted by Crippen LogP contribution is -2.48. The van der Waals surface area contributed by atoms with Crippen LogP contribution in [0.2, 0.25) is 0 Å². The van der Waals surface area contributed by atoms with Crippen molar-refractivity contribution >= 4 is 39.6 Å². The summed E-state index contributed by atoms with van der Waals surface area (Å²) in [6.45, 7) is 2.10. The zero-order valence-electron chi connectivity index (χ0n) is 18.4. The number of aliphatic imine (C=N–C) groups is 1. The van der Waals surface area contributed by atoms with Crippen molar-refractivity contribution in [3.63, 3.8) is 0 Å². The van der Waals surface area contributed by atoms with E-state index in [1.807, 2.05) is 12.3 Å². The van der Waals surface area contributed by atoms with Crippen molar-refractivity contribution in [2.45, 2.75) is 60.9 Å². The van der Waals surface area contributed by atoms with Crippen molar-refractivity contribution in [2.24, 2.45) is 22.7 Å². The quantitative estimate of drug-likeness (QED) is 0.323. The summed E-state index contributed by atoms with van der Waals surface area (Å²) in [5, 5.41) is 0.854. The molecule has 3 aromatic rings. The van der Waals surface area contributed by atoms with E-state index in [1.165, 1.54) is 44.1 Å². The van der Waals surface area contributed by atoms with Gasteiger partial charge in [0, 0.05) is 11.0 Å². The van der Waals surface area contributed by atoms with Gasteiger partial charge in [0.05, 0.1) is 16.4 Å². The lowest BCUT2D eigenvalue weighted by atomic mass is 9.48. The Morgan fingerprint density at radius 2 is 1.56 bits per heavy atom. The molecule has 0 radical (unpaired) electrons. The van der Waals surface area contributed by atoms with Crippen LogP contribution >= 0.6 is 27.7 Å². The normalized spacial score (nSPS) is 28.6. The van der Waals surface area contributed by atoms with Gasteiger partial charge in [-0.15, -0.1) is 0 Å². The van der Waals surface area contributed by atoms with Crippen molar-refractivity contribution in [2.75, 3.05) is 0 Å². The van der Waals surface area contributed by atoms with Crippen LogP contribution in [-0.2, 0) is 5.41 Å². The smallest absolute Gasteiger partial charge is 0.179 e. The Balaban J connectivity index is 1.16. The minimum Gasteiger partial charge on any atom is -0.447 e. The maximum atomic E-state index is 6.03. The van der Waals surface area contributed by atoms with Crippen molar-refractivity contribution < 1.29 is 4.42 Å². The molecule has 4 heteroatoms. The summed E-state index contributed by atoms with van der Waals surface area (Å²) in [4.78, 5) is 5.85. The Morgan fingerprint density at radius 3 is 2.19 bits per heavy atom. The number of rotatable bonds is 5. The molecule has 0 aliphatic heterocycles. The average Bonchev–Trinajstić information content (AvgIpc) is 3.12. The zero-order valence-corrected chi connectivity index (χ0v) is 20.8. The third-order valence-electron chi connectivity index (χ3n) is 7.76. The van der Waals surface area contributed by atoms with Crippen LogP contribution in [0.1, 0.15) is 55.4 Å². The first-order chi connectivity index (χ1) is 15.5. The average molecular weight is 507 g/mol. The molecule has 0 spiro atoms. The molecule has 4 saturated carbocycles. The molecule has 0 atom stereocenters. The van der Waals surface area contributed by atoms with Crippen LogP contribution < -0.4 is 0 Å². The molecule has 1 heterocycles. The first-order valence-electron chi connectivity index (χ1n) is 11.7. The number of hydrogen-bond donors (Lipinski definition) is 0. The SMILES string of the molecule is Cc1ccc(Sc2oc(C=Nc3ccc(C45CC6CC(CC(C6)C4)C5)cc3)cc2Br)cc1. The minimum atomic E-state index is 0.449. The lowest BCUT2D eigenvalue weighted by Gasteiger charge is -2.57. The van der Waals surface area contributed by atoms with Crippen LogP contribution in [0.25, 0.3) is 0 Å². The molecule has 32 heavy (non-hydrogen) atoms. The first-order valence-corrected chi connectivity index (χ1v) is 13.3. The highest BCUT2D eigenvalue weighted by Crippen LogP contribution is 2.60. The van der Waals surface area contributed by atoms with Gasteiger partial charge < -0.3 is 4.42 Å². The molecule has 7 rings (SSSR count). The fourth-order valence-corrected chi connectivity index (χ4v) is 8.05. The first kappa shape index (κ1) is 20.8. The Hall–Kier alpha value is -1.78. The number of aryl methyl sites for hydroxylation is 1. The molecule has 4 fully saturated rings. The molecule has 4 aliphatic rings. The summed E-state index contributed by atoms with van der Waals surface area (Å²) in [5.41, 5.74) is 4.24. The van der Waals surface area contributed by atoms with Gasteiger partial charge in [-0.1, -0.05) is 41.6 Å². The van der Waals surface area contributed by atoms with Gasteiger partial charge in [-0.2, -0.15) is 0 Å². The fraction of sp³-hybridized carbons (Fsp3) is 0.393. The second kappa shape index (κ2) is 8.22. The second-order valence-corrected chi connectivity index (χ2v) is 12.1. The van der Waals surface area contributed by atoms with E-state index in [2.05, 4.69) is 76.4 Å². The van der Waals surface area contributed by atoms with E-state index in [1.54, 1.807) is 17.3 Å². The Kier molecular flexibility index (Phi) is 5.34. The molecule has 4 bridgehead atoms. The van der Waals surface area contributed by atoms with Crippen LogP contribution in [0.4, 0.5) is 5.69 Å². The molecule has 164 valence electrons. The monoisotopic (exact) mass is 505 g/mol.